The van der Waals surface area contributed by atoms with E-state index in [1.807, 2.05) is 31.2 Å². The molecule has 5 nitrogen and oxygen atoms in total. The average molecular weight is 361 g/mol. The summed E-state index contributed by atoms with van der Waals surface area (Å²) in [6, 6.07) is 12.6. The molecule has 0 spiro atoms. The lowest BCUT2D eigenvalue weighted by molar-refractivity contribution is -0.117. The smallest absolute Gasteiger partial charge is 0.226 e. The van der Waals surface area contributed by atoms with Crippen LogP contribution in [0.5, 0.6) is 5.75 Å². The van der Waals surface area contributed by atoms with E-state index in [4.69, 9.17) is 16.3 Å². The quantitative estimate of drug-likeness (QED) is 0.845. The fourth-order valence-electron chi connectivity index (χ4n) is 2.40. The Labute approximate surface area is 152 Å². The number of methoxy groups -OCH3 is 1. The molecule has 0 saturated heterocycles. The molecule has 2 amide bonds. The van der Waals surface area contributed by atoms with Gasteiger partial charge in [-0.1, -0.05) is 29.3 Å². The van der Waals surface area contributed by atoms with Gasteiger partial charge in [-0.15, -0.1) is 0 Å². The molecule has 132 valence electrons. The summed E-state index contributed by atoms with van der Waals surface area (Å²) in [5.74, 6) is 0.165. The lowest BCUT2D eigenvalue weighted by Gasteiger charge is -2.23. The third-order valence-corrected chi connectivity index (χ3v) is 3.94. The van der Waals surface area contributed by atoms with E-state index in [2.05, 4.69) is 5.32 Å². The van der Waals surface area contributed by atoms with Crippen molar-refractivity contribution >= 4 is 34.8 Å². The van der Waals surface area contributed by atoms with Gasteiger partial charge < -0.3 is 15.0 Å². The van der Waals surface area contributed by atoms with Crippen molar-refractivity contribution in [2.75, 3.05) is 23.9 Å². The number of ether oxygens (including phenoxy) is 1. The molecule has 6 heteroatoms. The van der Waals surface area contributed by atoms with Gasteiger partial charge in [0.1, 0.15) is 5.75 Å². The number of carbonyl (C=O) groups excluding carboxylic acids is 2. The lowest BCUT2D eigenvalue weighted by Crippen LogP contribution is -2.32. The minimum atomic E-state index is -0.191. The monoisotopic (exact) mass is 360 g/mol. The Bertz CT molecular complexity index is 760. The number of benzene rings is 2. The van der Waals surface area contributed by atoms with Crippen LogP contribution in [0.25, 0.3) is 0 Å². The van der Waals surface area contributed by atoms with Gasteiger partial charge in [-0.2, -0.15) is 0 Å². The maximum Gasteiger partial charge on any atom is 0.226 e. The van der Waals surface area contributed by atoms with Crippen LogP contribution in [0.3, 0.4) is 0 Å². The largest absolute Gasteiger partial charge is 0.495 e. The van der Waals surface area contributed by atoms with Crippen LogP contribution in [-0.4, -0.2) is 25.5 Å². The molecule has 2 rings (SSSR count). The SMILES string of the molecule is COc1ccc(Cl)cc1N(CCC(=O)Nc1ccc(C)cc1)C(C)=O. The zero-order valence-corrected chi connectivity index (χ0v) is 15.3. The first-order chi connectivity index (χ1) is 11.9. The van der Waals surface area contributed by atoms with Crippen LogP contribution in [0.1, 0.15) is 18.9 Å². The first-order valence-corrected chi connectivity index (χ1v) is 8.26. The summed E-state index contributed by atoms with van der Waals surface area (Å²) >= 11 is 6.03. The molecular weight excluding hydrogens is 340 g/mol. The minimum absolute atomic E-state index is 0.156. The lowest BCUT2D eigenvalue weighted by atomic mass is 10.2. The van der Waals surface area contributed by atoms with Crippen molar-refractivity contribution in [1.82, 2.24) is 0 Å². The molecule has 0 aromatic heterocycles. The molecule has 0 unspecified atom stereocenters. The van der Waals surface area contributed by atoms with E-state index < -0.39 is 0 Å². The summed E-state index contributed by atoms with van der Waals surface area (Å²) in [6.45, 7) is 3.65. The summed E-state index contributed by atoms with van der Waals surface area (Å²) in [7, 11) is 1.52. The number of aryl methyl sites for hydroxylation is 1. The van der Waals surface area contributed by atoms with Crippen molar-refractivity contribution in [3.63, 3.8) is 0 Å². The van der Waals surface area contributed by atoms with Gasteiger partial charge in [-0.25, -0.2) is 0 Å². The van der Waals surface area contributed by atoms with Crippen molar-refractivity contribution in [2.24, 2.45) is 0 Å². The second kappa shape index (κ2) is 8.53. The van der Waals surface area contributed by atoms with E-state index in [1.165, 1.54) is 18.9 Å². The molecule has 0 atom stereocenters. The first-order valence-electron chi connectivity index (χ1n) is 7.89. The molecule has 0 aliphatic carbocycles. The van der Waals surface area contributed by atoms with Gasteiger partial charge in [0.2, 0.25) is 11.8 Å². The molecule has 0 aliphatic rings. The highest BCUT2D eigenvalue weighted by Crippen LogP contribution is 2.31. The Balaban J connectivity index is 2.07. The van der Waals surface area contributed by atoms with Crippen LogP contribution in [0.2, 0.25) is 5.02 Å². The van der Waals surface area contributed by atoms with Gasteiger partial charge in [-0.05, 0) is 37.3 Å². The van der Waals surface area contributed by atoms with Gasteiger partial charge in [0.15, 0.2) is 0 Å². The predicted octanol–water partition coefficient (Wildman–Crippen LogP) is 4.04. The van der Waals surface area contributed by atoms with E-state index >= 15 is 0 Å². The highest BCUT2D eigenvalue weighted by Gasteiger charge is 2.18. The van der Waals surface area contributed by atoms with Gasteiger partial charge in [0.25, 0.3) is 0 Å². The fourth-order valence-corrected chi connectivity index (χ4v) is 2.56. The highest BCUT2D eigenvalue weighted by molar-refractivity contribution is 6.31. The number of nitrogens with zero attached hydrogens (tertiary/aromatic N) is 1. The van der Waals surface area contributed by atoms with Crippen LogP contribution in [0.4, 0.5) is 11.4 Å². The van der Waals surface area contributed by atoms with Gasteiger partial charge in [0.05, 0.1) is 12.8 Å². The maximum atomic E-state index is 12.2. The molecule has 0 saturated carbocycles. The second-order valence-electron chi connectivity index (χ2n) is 5.65. The number of anilines is 2. The third-order valence-electron chi connectivity index (χ3n) is 3.71. The molecule has 0 heterocycles. The molecule has 0 fully saturated rings. The van der Waals surface area contributed by atoms with Crippen LogP contribution in [0.15, 0.2) is 42.5 Å². The molecule has 1 N–H and O–H groups in total. The zero-order valence-electron chi connectivity index (χ0n) is 14.5. The average Bonchev–Trinajstić information content (AvgIpc) is 2.57. The number of nitrogens with one attached hydrogen (secondary N) is 1. The highest BCUT2D eigenvalue weighted by atomic mass is 35.5. The summed E-state index contributed by atoms with van der Waals surface area (Å²) < 4.78 is 5.29. The number of carbonyl (C=O) groups is 2. The molecular formula is C19H21ClN2O3. The maximum absolute atomic E-state index is 12.2. The van der Waals surface area contributed by atoms with Crippen molar-refractivity contribution in [3.8, 4) is 5.75 Å². The van der Waals surface area contributed by atoms with Crippen molar-refractivity contribution < 1.29 is 14.3 Å². The molecule has 0 radical (unpaired) electrons. The normalized spacial score (nSPS) is 10.2. The molecule has 25 heavy (non-hydrogen) atoms. The molecule has 0 aliphatic heterocycles. The van der Waals surface area contributed by atoms with Crippen molar-refractivity contribution in [2.45, 2.75) is 20.3 Å². The Morgan fingerprint density at radius 1 is 1.16 bits per heavy atom. The predicted molar refractivity (Wildman–Crippen MR) is 100 cm³/mol. The number of hydrogen-bond acceptors (Lipinski definition) is 3. The van der Waals surface area contributed by atoms with Crippen LogP contribution in [0, 0.1) is 6.92 Å². The van der Waals surface area contributed by atoms with Crippen molar-refractivity contribution in [1.29, 1.82) is 0 Å². The van der Waals surface area contributed by atoms with E-state index in [9.17, 15) is 9.59 Å². The Morgan fingerprint density at radius 2 is 1.84 bits per heavy atom. The molecule has 0 bridgehead atoms. The molecule has 2 aromatic carbocycles. The summed E-state index contributed by atoms with van der Waals surface area (Å²) in [5, 5.41) is 3.31. The Kier molecular flexibility index (Phi) is 6.42. The summed E-state index contributed by atoms with van der Waals surface area (Å²) in [6.07, 6.45) is 0.156. The first kappa shape index (κ1) is 18.8. The standard InChI is InChI=1S/C19H21ClN2O3/c1-13-4-7-16(8-5-13)21-19(24)10-11-22(14(2)23)17-12-15(20)6-9-18(17)25-3/h4-9,12H,10-11H2,1-3H3,(H,21,24). The fraction of sp³-hybridized carbons (Fsp3) is 0.263. The summed E-state index contributed by atoms with van der Waals surface area (Å²) in [5.41, 5.74) is 2.39. The van der Waals surface area contributed by atoms with Crippen molar-refractivity contribution in [3.05, 3.63) is 53.1 Å². The van der Waals surface area contributed by atoms with Crippen LogP contribution < -0.4 is 15.0 Å². The third kappa shape index (κ3) is 5.22. The van der Waals surface area contributed by atoms with E-state index in [0.717, 1.165) is 11.3 Å². The number of rotatable bonds is 6. The topological polar surface area (TPSA) is 58.6 Å². The minimum Gasteiger partial charge on any atom is -0.495 e. The van der Waals surface area contributed by atoms with Crippen LogP contribution in [-0.2, 0) is 9.59 Å². The zero-order chi connectivity index (χ0) is 18.4. The van der Waals surface area contributed by atoms with E-state index in [0.29, 0.717) is 16.5 Å². The van der Waals surface area contributed by atoms with E-state index in [1.54, 1.807) is 18.2 Å². The number of halogens is 1. The number of hydrogen-bond donors (Lipinski definition) is 1. The van der Waals surface area contributed by atoms with Gasteiger partial charge in [-0.3, -0.25) is 9.59 Å². The summed E-state index contributed by atoms with van der Waals surface area (Å²) in [4.78, 5) is 25.7. The Morgan fingerprint density at radius 3 is 2.44 bits per heavy atom. The number of amides is 2. The van der Waals surface area contributed by atoms with E-state index in [-0.39, 0.29) is 24.8 Å². The Hall–Kier alpha value is -2.53. The van der Waals surface area contributed by atoms with Crippen LogP contribution >= 0.6 is 11.6 Å². The molecule has 2 aromatic rings. The van der Waals surface area contributed by atoms with Gasteiger partial charge >= 0.3 is 0 Å². The van der Waals surface area contributed by atoms with Gasteiger partial charge in [0, 0.05) is 30.6 Å². The second-order valence-corrected chi connectivity index (χ2v) is 6.09.